The van der Waals surface area contributed by atoms with Gasteiger partial charge in [-0.25, -0.2) is 0 Å². The van der Waals surface area contributed by atoms with Crippen molar-refractivity contribution in [3.8, 4) is 0 Å². The summed E-state index contributed by atoms with van der Waals surface area (Å²) < 4.78 is 31.0. The maximum Gasteiger partial charge on any atom is 0.385 e. The normalized spacial score (nSPS) is 14.1. The van der Waals surface area contributed by atoms with E-state index in [1.54, 1.807) is 0 Å². The van der Waals surface area contributed by atoms with Crippen LogP contribution in [0.4, 0.5) is 0 Å². The fourth-order valence-electron chi connectivity index (χ4n) is 8.57. The molecule has 0 fully saturated rings. The van der Waals surface area contributed by atoms with Crippen LogP contribution in [0.25, 0.3) is 0 Å². The van der Waals surface area contributed by atoms with Crippen molar-refractivity contribution in [2.75, 3.05) is 41.0 Å². The van der Waals surface area contributed by atoms with E-state index in [-0.39, 0.29) is 19.2 Å². The molecule has 0 saturated carbocycles. The lowest BCUT2D eigenvalue weighted by Crippen LogP contribution is -2.45. The van der Waals surface area contributed by atoms with Crippen molar-refractivity contribution in [3.63, 3.8) is 0 Å². The summed E-state index contributed by atoms with van der Waals surface area (Å²) in [6, 6.07) is 0. The first-order valence-electron chi connectivity index (χ1n) is 26.8. The lowest BCUT2D eigenvalue weighted by atomic mass is 10.0. The highest BCUT2D eigenvalue weighted by Crippen LogP contribution is 2.51. The van der Waals surface area contributed by atoms with Crippen molar-refractivity contribution in [2.45, 2.75) is 283 Å². The summed E-state index contributed by atoms with van der Waals surface area (Å²) in [6.07, 6.45) is 53.4. The van der Waals surface area contributed by atoms with Crippen molar-refractivity contribution in [2.24, 2.45) is 0 Å². The van der Waals surface area contributed by atoms with Gasteiger partial charge in [0.25, 0.3) is 0 Å². The number of quaternary nitrogens is 1. The molecule has 1 N–H and O–H groups in total. The van der Waals surface area contributed by atoms with Crippen LogP contribution in [0.2, 0.25) is 0 Å². The fraction of sp³-hybridized carbons (Fsp3) is 0.943. The predicted octanol–water partition coefficient (Wildman–Crippen LogP) is 17.0. The van der Waals surface area contributed by atoms with Gasteiger partial charge in [-0.2, -0.15) is 0 Å². The molecule has 8 heteroatoms. The first kappa shape index (κ1) is 60.3. The Hall–Kier alpha value is -0.720. The molecule has 2 unspecified atom stereocenters. The van der Waals surface area contributed by atoms with Crippen molar-refractivity contribution in [1.29, 1.82) is 0 Å². The first-order chi connectivity index (χ1) is 29.6. The molecule has 0 aromatic heterocycles. The van der Waals surface area contributed by atoms with Gasteiger partial charge >= 0.3 is 13.6 Å². The minimum atomic E-state index is -3.94. The van der Waals surface area contributed by atoms with Gasteiger partial charge < -0.3 is 23.4 Å². The van der Waals surface area contributed by atoms with Gasteiger partial charge in [0.2, 0.25) is 0 Å². The third-order valence-corrected chi connectivity index (χ3v) is 14.8. The number of hydrogen-bond donors (Lipinski definition) is 1. The molecule has 364 valence electrons. The minimum absolute atomic E-state index is 0.136. The van der Waals surface area contributed by atoms with E-state index in [2.05, 4.69) is 26.0 Å². The van der Waals surface area contributed by atoms with Crippen LogP contribution in [-0.4, -0.2) is 68.2 Å². The number of carbonyl (C=O) groups is 1. The largest absolute Gasteiger partial charge is 0.457 e. The minimum Gasteiger partial charge on any atom is -0.457 e. The summed E-state index contributed by atoms with van der Waals surface area (Å²) in [5.74, 6) is -0.834. The highest BCUT2D eigenvalue weighted by molar-refractivity contribution is 7.53. The number of unbranched alkanes of at least 4 members (excludes halogenated alkanes) is 34. The number of esters is 1. The molecule has 0 aromatic carbocycles. The molecule has 0 bridgehead atoms. The van der Waals surface area contributed by atoms with E-state index in [1.165, 1.54) is 205 Å². The van der Waals surface area contributed by atoms with Crippen LogP contribution in [0.3, 0.4) is 0 Å². The highest BCUT2D eigenvalue weighted by atomic mass is 31.2. The smallest absolute Gasteiger partial charge is 0.385 e. The Morgan fingerprint density at radius 1 is 0.508 bits per heavy atom. The third-order valence-electron chi connectivity index (χ3n) is 12.5. The number of carbonyl (C=O) groups excluding carboxylic acids is 1. The molecule has 0 aliphatic rings. The van der Waals surface area contributed by atoms with Gasteiger partial charge in [-0.3, -0.25) is 9.36 Å². The van der Waals surface area contributed by atoms with E-state index in [4.69, 9.17) is 14.0 Å². The van der Waals surface area contributed by atoms with Crippen molar-refractivity contribution in [3.05, 3.63) is 12.2 Å². The molecule has 0 rings (SSSR count). The Bertz CT molecular complexity index is 1000. The molecule has 0 spiro atoms. The van der Waals surface area contributed by atoms with Gasteiger partial charge in [-0.15, -0.1) is 0 Å². The monoisotopic (exact) mass is 885 g/mol. The van der Waals surface area contributed by atoms with Gasteiger partial charge in [-0.05, 0) is 38.5 Å². The number of hydrogen-bond acceptors (Lipinski definition) is 5. The van der Waals surface area contributed by atoms with Gasteiger partial charge in [0.15, 0.2) is 5.78 Å². The summed E-state index contributed by atoms with van der Waals surface area (Å²) in [6.45, 7) is 7.11. The predicted molar refractivity (Wildman–Crippen MR) is 265 cm³/mol. The van der Waals surface area contributed by atoms with Gasteiger partial charge in [0.1, 0.15) is 6.10 Å². The van der Waals surface area contributed by atoms with Crippen molar-refractivity contribution < 1.29 is 32.7 Å². The van der Waals surface area contributed by atoms with E-state index in [0.29, 0.717) is 23.9 Å². The molecule has 0 amide bonds. The fourth-order valence-corrected chi connectivity index (χ4v) is 10.5. The highest BCUT2D eigenvalue weighted by Gasteiger charge is 2.42. The third kappa shape index (κ3) is 41.7. The number of nitrogens with zero attached hydrogens (tertiary/aromatic N) is 1. The summed E-state index contributed by atoms with van der Waals surface area (Å²) >= 11 is 0. The molecular formula is C53H107NO6P+. The van der Waals surface area contributed by atoms with Crippen molar-refractivity contribution >= 4 is 13.6 Å². The second-order valence-electron chi connectivity index (χ2n) is 19.5. The maximum atomic E-state index is 13.2. The van der Waals surface area contributed by atoms with E-state index >= 15 is 0 Å². The summed E-state index contributed by atoms with van der Waals surface area (Å²) in [7, 11) is 1.76. The van der Waals surface area contributed by atoms with Crippen LogP contribution in [0.1, 0.15) is 271 Å². The second kappa shape index (κ2) is 44.5. The molecule has 61 heavy (non-hydrogen) atoms. The molecule has 0 radical (unpaired) electrons. The maximum absolute atomic E-state index is 13.2. The van der Waals surface area contributed by atoms with Crippen LogP contribution >= 0.6 is 7.60 Å². The Morgan fingerprint density at radius 3 is 1.21 bits per heavy atom. The topological polar surface area (TPSA) is 82.1 Å². The zero-order chi connectivity index (χ0) is 45.0. The quantitative estimate of drug-likeness (QED) is 0.0215. The zero-order valence-electron chi connectivity index (χ0n) is 41.9. The molecule has 7 nitrogen and oxygen atoms in total. The Kier molecular flexibility index (Phi) is 44.0. The summed E-state index contributed by atoms with van der Waals surface area (Å²) in [5.41, 5.74) is 0. The molecular weight excluding hydrogens is 778 g/mol. The van der Waals surface area contributed by atoms with Gasteiger partial charge in [0, 0.05) is 19.4 Å². The Labute approximate surface area is 381 Å². The van der Waals surface area contributed by atoms with Crippen LogP contribution in [-0.2, 0) is 23.4 Å². The van der Waals surface area contributed by atoms with Gasteiger partial charge in [-0.1, -0.05) is 232 Å². The lowest BCUT2D eigenvalue weighted by molar-refractivity contribution is -0.883. The number of allylic oxidation sites excluding steroid dienone is 2. The number of ether oxygens (including phenoxy) is 2. The molecule has 3 atom stereocenters. The standard InChI is InChI=1S/C53H106NO6P/c1-7-10-12-14-16-18-20-22-24-26-28-30-32-34-36-38-40-42-44-46-48-58-49-51(50-59-61(56,57)52(9-3)54(4,5)6)60-53(55)47-45-43-41-39-37-35-33-31-29-27-25-23-21-19-17-15-13-11-8-2/h29,31,51-52H,7-28,30,32-50H2,1-6H3/p+1/b31-29-/t51-,52?/m1/s1. The molecule has 0 aliphatic carbocycles. The zero-order valence-corrected chi connectivity index (χ0v) is 42.8. The van der Waals surface area contributed by atoms with Crippen LogP contribution in [0.5, 0.6) is 0 Å². The van der Waals surface area contributed by atoms with Crippen LogP contribution < -0.4 is 0 Å². The average Bonchev–Trinajstić information content (AvgIpc) is 3.22. The van der Waals surface area contributed by atoms with Crippen LogP contribution in [0, 0.1) is 0 Å². The molecule has 0 aromatic rings. The summed E-state index contributed by atoms with van der Waals surface area (Å²) in [5, 5.41) is 0. The molecule has 0 saturated heterocycles. The van der Waals surface area contributed by atoms with Crippen molar-refractivity contribution in [1.82, 2.24) is 0 Å². The molecule has 0 heterocycles. The van der Waals surface area contributed by atoms with E-state index in [0.717, 1.165) is 32.1 Å². The lowest BCUT2D eigenvalue weighted by Gasteiger charge is -2.35. The molecule has 0 aliphatic heterocycles. The SMILES string of the molecule is CCCCCCCCCCC/C=C\CCCCCCCCC(=O)O[C@H](COCCCCCCCCCCCCCCCCCCCCCC)COP(=O)(O)C(CC)[N+](C)(C)C. The summed E-state index contributed by atoms with van der Waals surface area (Å²) in [4.78, 5) is 23.7. The van der Waals surface area contributed by atoms with Crippen LogP contribution in [0.15, 0.2) is 12.2 Å². The van der Waals surface area contributed by atoms with E-state index in [1.807, 2.05) is 28.1 Å². The Balaban J connectivity index is 4.17. The first-order valence-corrected chi connectivity index (χ1v) is 28.4. The van der Waals surface area contributed by atoms with E-state index in [9.17, 15) is 14.3 Å². The van der Waals surface area contributed by atoms with E-state index < -0.39 is 19.5 Å². The Morgan fingerprint density at radius 2 is 0.852 bits per heavy atom. The average molecular weight is 885 g/mol. The van der Waals surface area contributed by atoms with Gasteiger partial charge in [0.05, 0.1) is 34.4 Å². The number of rotatable bonds is 49. The second-order valence-corrected chi connectivity index (χ2v) is 21.5.